The number of rotatable bonds is 4. The van der Waals surface area contributed by atoms with Gasteiger partial charge in [-0.05, 0) is 49.2 Å². The van der Waals surface area contributed by atoms with Gasteiger partial charge in [-0.2, -0.15) is 4.31 Å². The van der Waals surface area contributed by atoms with Gasteiger partial charge in [-0.3, -0.25) is 4.79 Å². The van der Waals surface area contributed by atoms with Crippen molar-refractivity contribution in [1.29, 1.82) is 0 Å². The molecule has 1 aliphatic rings. The van der Waals surface area contributed by atoms with E-state index in [1.807, 2.05) is 0 Å². The van der Waals surface area contributed by atoms with Gasteiger partial charge in [0.2, 0.25) is 10.0 Å². The van der Waals surface area contributed by atoms with Gasteiger partial charge in [0.05, 0.1) is 18.1 Å². The van der Waals surface area contributed by atoms with Crippen molar-refractivity contribution in [2.75, 3.05) is 31.6 Å². The van der Waals surface area contributed by atoms with E-state index < -0.39 is 21.7 Å². The Morgan fingerprint density at radius 3 is 2.44 bits per heavy atom. The Kier molecular flexibility index (Phi) is 5.59. The summed E-state index contributed by atoms with van der Waals surface area (Å²) in [5.41, 5.74) is 1.80. The summed E-state index contributed by atoms with van der Waals surface area (Å²) in [5, 5.41) is 2.64. The van der Waals surface area contributed by atoms with Crippen molar-refractivity contribution in [1.82, 2.24) is 4.31 Å². The summed E-state index contributed by atoms with van der Waals surface area (Å²) in [7, 11) is -3.72. The monoisotopic (exact) mass is 392 g/mol. The maximum Gasteiger partial charge on any atom is 0.255 e. The molecule has 0 aliphatic carbocycles. The standard InChI is InChI=1S/C19H21FN2O4S/c1-13-4-6-16(20)12-17(13)21-19(23)15-5-3-14(2)18(11-15)27(24,25)22-7-9-26-10-8-22/h3-6,11-12H,7-10H2,1-2H3,(H,21,23). The zero-order chi connectivity index (χ0) is 19.6. The summed E-state index contributed by atoms with van der Waals surface area (Å²) in [5.74, 6) is -0.961. The van der Waals surface area contributed by atoms with Crippen LogP contribution in [0.4, 0.5) is 10.1 Å². The third-order valence-corrected chi connectivity index (χ3v) is 6.53. The number of carbonyl (C=O) groups is 1. The third kappa shape index (κ3) is 4.18. The van der Waals surface area contributed by atoms with Crippen molar-refractivity contribution in [3.8, 4) is 0 Å². The lowest BCUT2D eigenvalue weighted by molar-refractivity contribution is 0.0730. The molecule has 0 aromatic heterocycles. The number of halogens is 1. The lowest BCUT2D eigenvalue weighted by Crippen LogP contribution is -2.40. The first-order valence-electron chi connectivity index (χ1n) is 8.55. The van der Waals surface area contributed by atoms with E-state index >= 15 is 0 Å². The van der Waals surface area contributed by atoms with Crippen LogP contribution < -0.4 is 5.32 Å². The Morgan fingerprint density at radius 2 is 1.74 bits per heavy atom. The number of hydrogen-bond donors (Lipinski definition) is 1. The number of ether oxygens (including phenoxy) is 1. The lowest BCUT2D eigenvalue weighted by atomic mass is 10.1. The third-order valence-electron chi connectivity index (χ3n) is 4.49. The van der Waals surface area contributed by atoms with Crippen LogP contribution in [-0.2, 0) is 14.8 Å². The summed E-state index contributed by atoms with van der Waals surface area (Å²) >= 11 is 0. The number of carbonyl (C=O) groups excluding carboxylic acids is 1. The Bertz CT molecular complexity index is 970. The number of amides is 1. The number of benzene rings is 2. The van der Waals surface area contributed by atoms with Crippen LogP contribution in [-0.4, -0.2) is 44.9 Å². The average Bonchev–Trinajstić information content (AvgIpc) is 2.65. The second-order valence-electron chi connectivity index (χ2n) is 6.41. The van der Waals surface area contributed by atoms with Crippen molar-refractivity contribution in [2.24, 2.45) is 0 Å². The molecule has 3 rings (SSSR count). The Morgan fingerprint density at radius 1 is 1.07 bits per heavy atom. The van der Waals surface area contributed by atoms with Crippen molar-refractivity contribution >= 4 is 21.6 Å². The van der Waals surface area contributed by atoms with Gasteiger partial charge in [0.15, 0.2) is 0 Å². The molecule has 1 fully saturated rings. The van der Waals surface area contributed by atoms with Crippen LogP contribution in [0.15, 0.2) is 41.3 Å². The molecule has 0 spiro atoms. The van der Waals surface area contributed by atoms with Crippen LogP contribution in [0, 0.1) is 19.7 Å². The lowest BCUT2D eigenvalue weighted by Gasteiger charge is -2.26. The van der Waals surface area contributed by atoms with Gasteiger partial charge in [-0.25, -0.2) is 12.8 Å². The molecule has 0 unspecified atom stereocenters. The number of morpholine rings is 1. The van der Waals surface area contributed by atoms with Gasteiger partial charge in [-0.15, -0.1) is 0 Å². The predicted molar refractivity (Wildman–Crippen MR) is 99.8 cm³/mol. The first kappa shape index (κ1) is 19.5. The number of anilines is 1. The SMILES string of the molecule is Cc1ccc(F)cc1NC(=O)c1ccc(C)c(S(=O)(=O)N2CCOCC2)c1. The number of aryl methyl sites for hydroxylation is 2. The van der Waals surface area contributed by atoms with Gasteiger partial charge < -0.3 is 10.1 Å². The van der Waals surface area contributed by atoms with Gasteiger partial charge >= 0.3 is 0 Å². The van der Waals surface area contributed by atoms with E-state index in [-0.39, 0.29) is 23.5 Å². The van der Waals surface area contributed by atoms with E-state index in [2.05, 4.69) is 5.32 Å². The normalized spacial score (nSPS) is 15.5. The van der Waals surface area contributed by atoms with E-state index in [1.54, 1.807) is 32.0 Å². The maximum absolute atomic E-state index is 13.4. The molecule has 27 heavy (non-hydrogen) atoms. The van der Waals surface area contributed by atoms with E-state index in [9.17, 15) is 17.6 Å². The highest BCUT2D eigenvalue weighted by atomic mass is 32.2. The number of nitrogens with zero attached hydrogens (tertiary/aromatic N) is 1. The second kappa shape index (κ2) is 7.75. The highest BCUT2D eigenvalue weighted by Crippen LogP contribution is 2.23. The van der Waals surface area contributed by atoms with Crippen molar-refractivity contribution in [3.63, 3.8) is 0 Å². The van der Waals surface area contributed by atoms with Gasteiger partial charge in [0.25, 0.3) is 5.91 Å². The Balaban J connectivity index is 1.90. The molecule has 8 heteroatoms. The minimum Gasteiger partial charge on any atom is -0.379 e. The molecule has 0 saturated carbocycles. The summed E-state index contributed by atoms with van der Waals surface area (Å²) in [6, 6.07) is 8.62. The second-order valence-corrected chi connectivity index (χ2v) is 8.32. The fourth-order valence-corrected chi connectivity index (χ4v) is 4.53. The van der Waals surface area contributed by atoms with Gasteiger partial charge in [-0.1, -0.05) is 12.1 Å². The molecule has 1 N–H and O–H groups in total. The molecule has 2 aromatic rings. The minimum atomic E-state index is -3.72. The summed E-state index contributed by atoms with van der Waals surface area (Å²) in [6.45, 7) is 4.68. The molecule has 1 amide bonds. The zero-order valence-corrected chi connectivity index (χ0v) is 16.0. The van der Waals surface area contributed by atoms with Crippen LogP contribution >= 0.6 is 0 Å². The van der Waals surface area contributed by atoms with E-state index in [1.165, 1.54) is 22.5 Å². The largest absolute Gasteiger partial charge is 0.379 e. The molecule has 0 bridgehead atoms. The molecular formula is C19H21FN2O4S. The molecule has 0 atom stereocenters. The van der Waals surface area contributed by atoms with Crippen molar-refractivity contribution < 1.29 is 22.3 Å². The molecule has 2 aromatic carbocycles. The van der Waals surface area contributed by atoms with E-state index in [0.29, 0.717) is 30.0 Å². The number of sulfonamides is 1. The first-order valence-corrected chi connectivity index (χ1v) is 9.99. The fraction of sp³-hybridized carbons (Fsp3) is 0.316. The Labute approximate surface area is 158 Å². The molecule has 1 aliphatic heterocycles. The molecular weight excluding hydrogens is 371 g/mol. The smallest absolute Gasteiger partial charge is 0.255 e. The molecule has 0 radical (unpaired) electrons. The number of hydrogen-bond acceptors (Lipinski definition) is 4. The van der Waals surface area contributed by atoms with Crippen LogP contribution in [0.25, 0.3) is 0 Å². The van der Waals surface area contributed by atoms with Crippen molar-refractivity contribution in [2.45, 2.75) is 18.7 Å². The molecule has 6 nitrogen and oxygen atoms in total. The highest BCUT2D eigenvalue weighted by Gasteiger charge is 2.28. The molecule has 1 heterocycles. The first-order chi connectivity index (χ1) is 12.8. The fourth-order valence-electron chi connectivity index (χ4n) is 2.87. The summed E-state index contributed by atoms with van der Waals surface area (Å²) in [4.78, 5) is 12.7. The summed E-state index contributed by atoms with van der Waals surface area (Å²) < 4.78 is 45.9. The van der Waals surface area contributed by atoms with E-state index in [0.717, 1.165) is 0 Å². The molecule has 144 valence electrons. The van der Waals surface area contributed by atoms with Gasteiger partial charge in [0, 0.05) is 24.3 Å². The molecule has 1 saturated heterocycles. The average molecular weight is 392 g/mol. The van der Waals surface area contributed by atoms with Gasteiger partial charge in [0.1, 0.15) is 5.82 Å². The van der Waals surface area contributed by atoms with Crippen LogP contribution in [0.2, 0.25) is 0 Å². The maximum atomic E-state index is 13.4. The topological polar surface area (TPSA) is 75.7 Å². The minimum absolute atomic E-state index is 0.0908. The zero-order valence-electron chi connectivity index (χ0n) is 15.2. The van der Waals surface area contributed by atoms with Crippen molar-refractivity contribution in [3.05, 3.63) is 58.9 Å². The van der Waals surface area contributed by atoms with E-state index in [4.69, 9.17) is 4.74 Å². The quantitative estimate of drug-likeness (QED) is 0.868. The number of nitrogens with one attached hydrogen (secondary N) is 1. The van der Waals surface area contributed by atoms with Crippen LogP contribution in [0.3, 0.4) is 0 Å². The Hall–Kier alpha value is -2.29. The van der Waals surface area contributed by atoms with Crippen LogP contribution in [0.5, 0.6) is 0 Å². The predicted octanol–water partition coefficient (Wildman–Crippen LogP) is 2.72. The van der Waals surface area contributed by atoms with Crippen LogP contribution in [0.1, 0.15) is 21.5 Å². The highest BCUT2D eigenvalue weighted by molar-refractivity contribution is 7.89. The summed E-state index contributed by atoms with van der Waals surface area (Å²) in [6.07, 6.45) is 0.